The Labute approximate surface area is 245 Å². The third-order valence-corrected chi connectivity index (χ3v) is 5.90. The first kappa shape index (κ1) is 35.0. The smallest absolute Gasteiger partial charge is 0.326 e. The standard InChI is InChI=1S/C34H47N3O4/c1-2-3-4-5-6-7-8-9-10-11-12-13-14-15-16-17-18-19-20-26-32(38)36-28-22-21-25-31(34(40)41)37-33(39)30-24-23-27-35-29-30/h3-4,6-7,9-10,12-13,15-16,18-19,23-24,27,29,31H,2,5,8,11,14,17,20-22,25-26,28H2,1H3,(H,36,38)(H,37,39)(H,40,41)/t31-/m0/s1. The summed E-state index contributed by atoms with van der Waals surface area (Å²) in [4.78, 5) is 39.5. The van der Waals surface area contributed by atoms with Crippen molar-refractivity contribution in [2.75, 3.05) is 6.54 Å². The average molecular weight is 562 g/mol. The van der Waals surface area contributed by atoms with Crippen LogP contribution in [0.4, 0.5) is 0 Å². The molecule has 41 heavy (non-hydrogen) atoms. The van der Waals surface area contributed by atoms with E-state index < -0.39 is 17.9 Å². The van der Waals surface area contributed by atoms with Gasteiger partial charge < -0.3 is 15.7 Å². The first-order valence-corrected chi connectivity index (χ1v) is 14.6. The van der Waals surface area contributed by atoms with Gasteiger partial charge in [-0.15, -0.1) is 0 Å². The van der Waals surface area contributed by atoms with Gasteiger partial charge in [-0.2, -0.15) is 0 Å². The van der Waals surface area contributed by atoms with Crippen molar-refractivity contribution in [2.45, 2.75) is 83.6 Å². The number of amides is 2. The fourth-order valence-electron chi connectivity index (χ4n) is 3.64. The zero-order chi connectivity index (χ0) is 29.8. The lowest BCUT2D eigenvalue weighted by Gasteiger charge is -2.14. The number of carboxylic acid groups (broad SMARTS) is 1. The minimum atomic E-state index is -1.08. The van der Waals surface area contributed by atoms with Gasteiger partial charge in [0.1, 0.15) is 6.04 Å². The zero-order valence-electron chi connectivity index (χ0n) is 24.4. The zero-order valence-corrected chi connectivity index (χ0v) is 24.4. The quantitative estimate of drug-likeness (QED) is 0.104. The van der Waals surface area contributed by atoms with Crippen LogP contribution in [0, 0.1) is 0 Å². The summed E-state index contributed by atoms with van der Waals surface area (Å²) in [5.74, 6) is -1.57. The van der Waals surface area contributed by atoms with Crippen LogP contribution < -0.4 is 10.6 Å². The highest BCUT2D eigenvalue weighted by molar-refractivity contribution is 5.96. The Hall–Kier alpha value is -4.00. The lowest BCUT2D eigenvalue weighted by Crippen LogP contribution is -2.40. The summed E-state index contributed by atoms with van der Waals surface area (Å²) in [5.41, 5.74) is 0.318. The molecule has 0 saturated heterocycles. The van der Waals surface area contributed by atoms with Crippen LogP contribution in [-0.2, 0) is 9.59 Å². The van der Waals surface area contributed by atoms with Gasteiger partial charge in [-0.3, -0.25) is 14.6 Å². The van der Waals surface area contributed by atoms with E-state index in [0.29, 0.717) is 37.8 Å². The number of hydrogen-bond donors (Lipinski definition) is 3. The van der Waals surface area contributed by atoms with E-state index in [2.05, 4.69) is 89.4 Å². The summed E-state index contributed by atoms with van der Waals surface area (Å²) in [6, 6.07) is 2.22. The number of nitrogens with one attached hydrogen (secondary N) is 2. The fourth-order valence-corrected chi connectivity index (χ4v) is 3.64. The highest BCUT2D eigenvalue weighted by Gasteiger charge is 2.20. The molecule has 0 bridgehead atoms. The average Bonchev–Trinajstić information content (AvgIpc) is 2.97. The predicted molar refractivity (Wildman–Crippen MR) is 167 cm³/mol. The van der Waals surface area contributed by atoms with Crippen molar-refractivity contribution in [1.29, 1.82) is 0 Å². The lowest BCUT2D eigenvalue weighted by molar-refractivity contribution is -0.139. The molecule has 3 N–H and O–H groups in total. The van der Waals surface area contributed by atoms with E-state index >= 15 is 0 Å². The molecular formula is C34H47N3O4. The van der Waals surface area contributed by atoms with Gasteiger partial charge in [0.25, 0.3) is 5.91 Å². The molecule has 1 heterocycles. The number of carboxylic acids is 1. The number of unbranched alkanes of at least 4 members (excludes halogenated alkanes) is 1. The second-order valence-electron chi connectivity index (χ2n) is 9.41. The van der Waals surface area contributed by atoms with Crippen LogP contribution in [0.2, 0.25) is 0 Å². The molecule has 2 amide bonds. The maximum atomic E-state index is 12.2. The van der Waals surface area contributed by atoms with E-state index in [1.54, 1.807) is 18.3 Å². The summed E-state index contributed by atoms with van der Waals surface area (Å²) in [6.07, 6.45) is 37.2. The molecule has 7 nitrogen and oxygen atoms in total. The van der Waals surface area contributed by atoms with Gasteiger partial charge in [-0.1, -0.05) is 79.8 Å². The molecule has 222 valence electrons. The number of aromatic nitrogens is 1. The Morgan fingerprint density at radius 2 is 1.39 bits per heavy atom. The maximum Gasteiger partial charge on any atom is 0.326 e. The number of nitrogens with zero attached hydrogens (tertiary/aromatic N) is 1. The van der Waals surface area contributed by atoms with Crippen molar-refractivity contribution < 1.29 is 19.5 Å². The van der Waals surface area contributed by atoms with Crippen molar-refractivity contribution in [3.8, 4) is 0 Å². The van der Waals surface area contributed by atoms with E-state index in [4.69, 9.17) is 0 Å². The topological polar surface area (TPSA) is 108 Å². The number of carbonyl (C=O) groups excluding carboxylic acids is 2. The number of allylic oxidation sites excluding steroid dienone is 12. The molecule has 0 unspecified atom stereocenters. The van der Waals surface area contributed by atoms with Gasteiger partial charge in [-0.25, -0.2) is 4.79 Å². The highest BCUT2D eigenvalue weighted by atomic mass is 16.4. The van der Waals surface area contributed by atoms with Crippen LogP contribution in [0.15, 0.2) is 97.4 Å². The van der Waals surface area contributed by atoms with Crippen molar-refractivity contribution in [3.05, 3.63) is 103 Å². The largest absolute Gasteiger partial charge is 0.480 e. The number of rotatable bonds is 22. The van der Waals surface area contributed by atoms with Crippen molar-refractivity contribution >= 4 is 17.8 Å². The molecule has 1 aromatic heterocycles. The first-order chi connectivity index (χ1) is 20.0. The summed E-state index contributed by atoms with van der Waals surface area (Å²) in [6.45, 7) is 2.62. The van der Waals surface area contributed by atoms with Crippen LogP contribution in [0.25, 0.3) is 0 Å². The molecule has 0 aliphatic heterocycles. The van der Waals surface area contributed by atoms with Crippen molar-refractivity contribution in [3.63, 3.8) is 0 Å². The molecule has 1 atom stereocenters. The maximum absolute atomic E-state index is 12.2. The Bertz CT molecular complexity index is 1040. The Morgan fingerprint density at radius 3 is 1.90 bits per heavy atom. The molecule has 7 heteroatoms. The first-order valence-electron chi connectivity index (χ1n) is 14.6. The molecular weight excluding hydrogens is 514 g/mol. The van der Waals surface area contributed by atoms with E-state index in [0.717, 1.165) is 38.5 Å². The van der Waals surface area contributed by atoms with Gasteiger partial charge in [0.05, 0.1) is 5.56 Å². The van der Waals surface area contributed by atoms with Crippen LogP contribution in [0.5, 0.6) is 0 Å². The summed E-state index contributed by atoms with van der Waals surface area (Å²) >= 11 is 0. The second-order valence-corrected chi connectivity index (χ2v) is 9.41. The van der Waals surface area contributed by atoms with Crippen LogP contribution in [-0.4, -0.2) is 40.5 Å². The molecule has 0 aromatic carbocycles. The van der Waals surface area contributed by atoms with Gasteiger partial charge in [0.15, 0.2) is 0 Å². The Balaban J connectivity index is 2.04. The Morgan fingerprint density at radius 1 is 0.829 bits per heavy atom. The predicted octanol–water partition coefficient (Wildman–Crippen LogP) is 7.03. The summed E-state index contributed by atoms with van der Waals surface area (Å²) in [5, 5.41) is 14.8. The molecule has 1 aromatic rings. The van der Waals surface area contributed by atoms with Crippen molar-refractivity contribution in [2.24, 2.45) is 0 Å². The van der Waals surface area contributed by atoms with Crippen LogP contribution >= 0.6 is 0 Å². The minimum absolute atomic E-state index is 0.0239. The monoisotopic (exact) mass is 561 g/mol. The van der Waals surface area contributed by atoms with Crippen LogP contribution in [0.3, 0.4) is 0 Å². The van der Waals surface area contributed by atoms with Gasteiger partial charge in [0, 0.05) is 25.4 Å². The van der Waals surface area contributed by atoms with Gasteiger partial charge in [0.2, 0.25) is 5.91 Å². The van der Waals surface area contributed by atoms with Gasteiger partial charge >= 0.3 is 5.97 Å². The molecule has 1 rings (SSSR count). The number of pyridine rings is 1. The third-order valence-electron chi connectivity index (χ3n) is 5.90. The van der Waals surface area contributed by atoms with Crippen LogP contribution in [0.1, 0.15) is 87.9 Å². The van der Waals surface area contributed by atoms with E-state index in [9.17, 15) is 19.5 Å². The normalized spacial score (nSPS) is 12.9. The highest BCUT2D eigenvalue weighted by Crippen LogP contribution is 2.04. The number of aliphatic carboxylic acids is 1. The number of hydrogen-bond acceptors (Lipinski definition) is 4. The summed E-state index contributed by atoms with van der Waals surface area (Å²) < 4.78 is 0. The van der Waals surface area contributed by atoms with Crippen molar-refractivity contribution in [1.82, 2.24) is 15.6 Å². The van der Waals surface area contributed by atoms with Gasteiger partial charge in [-0.05, 0) is 76.3 Å². The molecule has 0 fully saturated rings. The van der Waals surface area contributed by atoms with E-state index in [1.165, 1.54) is 6.20 Å². The second kappa shape index (κ2) is 25.0. The fraction of sp³-hybridized carbons (Fsp3) is 0.412. The lowest BCUT2D eigenvalue weighted by atomic mass is 10.1. The molecule has 0 saturated carbocycles. The van der Waals surface area contributed by atoms with E-state index in [1.807, 2.05) is 6.08 Å². The van der Waals surface area contributed by atoms with E-state index in [-0.39, 0.29) is 12.3 Å². The molecule has 0 spiro atoms. The summed E-state index contributed by atoms with van der Waals surface area (Å²) in [7, 11) is 0. The minimum Gasteiger partial charge on any atom is -0.480 e. The SMILES string of the molecule is CCC=CCC=CCC=CCC=CCC=CCC=CCCC(=O)NCCCC[C@H](NC(=O)c1cccnc1)C(=O)O. The molecule has 0 aliphatic carbocycles. The molecule has 0 aliphatic rings. The molecule has 0 radical (unpaired) electrons. The number of carbonyl (C=O) groups is 3. The Kier molecular flexibility index (Phi) is 21.4. The third kappa shape index (κ3) is 20.6.